The monoisotopic (exact) mass is 316 g/mol. The van der Waals surface area contributed by atoms with Gasteiger partial charge in [-0.15, -0.1) is 0 Å². The van der Waals surface area contributed by atoms with E-state index < -0.39 is 0 Å². The predicted molar refractivity (Wildman–Crippen MR) is 82.8 cm³/mol. The van der Waals surface area contributed by atoms with Crippen LogP contribution in [-0.4, -0.2) is 5.78 Å². The van der Waals surface area contributed by atoms with Gasteiger partial charge in [-0.25, -0.2) is 0 Å². The van der Waals surface area contributed by atoms with Crippen LogP contribution in [0.2, 0.25) is 0 Å². The summed E-state index contributed by atoms with van der Waals surface area (Å²) in [5.74, 6) is 0.179. The van der Waals surface area contributed by atoms with E-state index in [2.05, 4.69) is 48.0 Å². The van der Waals surface area contributed by atoms with Crippen LogP contribution in [-0.2, 0) is 6.42 Å². The summed E-state index contributed by atoms with van der Waals surface area (Å²) >= 11 is 3.42. The Balaban J connectivity index is 2.28. The molecular formula is C17H17BrO. The Morgan fingerprint density at radius 2 is 1.74 bits per heavy atom. The topological polar surface area (TPSA) is 17.1 Å². The van der Waals surface area contributed by atoms with Crippen LogP contribution in [0.4, 0.5) is 0 Å². The van der Waals surface area contributed by atoms with E-state index in [0.717, 1.165) is 21.2 Å². The summed E-state index contributed by atoms with van der Waals surface area (Å²) in [7, 11) is 0. The fourth-order valence-electron chi connectivity index (χ4n) is 2.20. The number of hydrogen-bond acceptors (Lipinski definition) is 1. The number of hydrogen-bond donors (Lipinski definition) is 0. The number of rotatable bonds is 3. The maximum atomic E-state index is 12.4. The average Bonchev–Trinajstić information content (AvgIpc) is 2.33. The standard InChI is InChI=1S/C17H17BrO/c1-11-4-5-12(2)14(8-11)10-17(19)16-7-6-15(18)9-13(16)3/h4-9H,10H2,1-3H3. The fourth-order valence-corrected chi connectivity index (χ4v) is 2.67. The third-order valence-electron chi connectivity index (χ3n) is 3.34. The van der Waals surface area contributed by atoms with Gasteiger partial charge in [0.05, 0.1) is 0 Å². The number of aryl methyl sites for hydroxylation is 3. The van der Waals surface area contributed by atoms with E-state index in [9.17, 15) is 4.79 Å². The molecule has 0 aliphatic heterocycles. The summed E-state index contributed by atoms with van der Waals surface area (Å²) in [4.78, 5) is 12.4. The Morgan fingerprint density at radius 1 is 1.00 bits per heavy atom. The molecule has 0 bridgehead atoms. The van der Waals surface area contributed by atoms with Gasteiger partial charge in [-0.1, -0.05) is 45.8 Å². The van der Waals surface area contributed by atoms with Gasteiger partial charge >= 0.3 is 0 Å². The lowest BCUT2D eigenvalue weighted by Crippen LogP contribution is -2.07. The van der Waals surface area contributed by atoms with E-state index in [-0.39, 0.29) is 5.78 Å². The van der Waals surface area contributed by atoms with Crippen molar-refractivity contribution in [2.24, 2.45) is 0 Å². The van der Waals surface area contributed by atoms with Crippen molar-refractivity contribution in [1.29, 1.82) is 0 Å². The van der Waals surface area contributed by atoms with Crippen molar-refractivity contribution in [2.75, 3.05) is 0 Å². The molecule has 1 nitrogen and oxygen atoms in total. The molecule has 0 N–H and O–H groups in total. The first-order valence-corrected chi connectivity index (χ1v) is 7.12. The number of benzene rings is 2. The predicted octanol–water partition coefficient (Wildman–Crippen LogP) is 4.80. The molecule has 0 unspecified atom stereocenters. The Hall–Kier alpha value is -1.41. The number of ketones is 1. The molecule has 0 saturated carbocycles. The van der Waals surface area contributed by atoms with Crippen molar-refractivity contribution in [1.82, 2.24) is 0 Å². The van der Waals surface area contributed by atoms with Crippen LogP contribution in [0.25, 0.3) is 0 Å². The molecule has 2 rings (SSSR count). The average molecular weight is 317 g/mol. The van der Waals surface area contributed by atoms with Crippen LogP contribution >= 0.6 is 15.9 Å². The first kappa shape index (κ1) is 14.0. The van der Waals surface area contributed by atoms with Gasteiger partial charge in [0.2, 0.25) is 0 Å². The summed E-state index contributed by atoms with van der Waals surface area (Å²) in [6.45, 7) is 6.08. The second kappa shape index (κ2) is 5.70. The normalized spacial score (nSPS) is 10.5. The molecule has 2 heteroatoms. The van der Waals surface area contributed by atoms with Crippen molar-refractivity contribution in [2.45, 2.75) is 27.2 Å². The van der Waals surface area contributed by atoms with Crippen LogP contribution in [0.5, 0.6) is 0 Å². The highest BCUT2D eigenvalue weighted by molar-refractivity contribution is 9.10. The van der Waals surface area contributed by atoms with Gasteiger partial charge in [0, 0.05) is 16.5 Å². The highest BCUT2D eigenvalue weighted by atomic mass is 79.9. The molecule has 0 amide bonds. The minimum atomic E-state index is 0.179. The van der Waals surface area contributed by atoms with Crippen molar-refractivity contribution < 1.29 is 4.79 Å². The molecular weight excluding hydrogens is 300 g/mol. The Kier molecular flexibility index (Phi) is 4.20. The Morgan fingerprint density at radius 3 is 2.42 bits per heavy atom. The van der Waals surface area contributed by atoms with E-state index in [1.54, 1.807) is 0 Å². The van der Waals surface area contributed by atoms with E-state index in [1.165, 1.54) is 11.1 Å². The third-order valence-corrected chi connectivity index (χ3v) is 3.84. The summed E-state index contributed by atoms with van der Waals surface area (Å²) in [6, 6.07) is 12.1. The zero-order valence-electron chi connectivity index (χ0n) is 11.5. The van der Waals surface area contributed by atoms with Crippen molar-refractivity contribution in [3.63, 3.8) is 0 Å². The smallest absolute Gasteiger partial charge is 0.167 e. The lowest BCUT2D eigenvalue weighted by molar-refractivity contribution is 0.0992. The van der Waals surface area contributed by atoms with Crippen molar-refractivity contribution in [3.8, 4) is 0 Å². The highest BCUT2D eigenvalue weighted by Gasteiger charge is 2.11. The molecule has 0 atom stereocenters. The van der Waals surface area contributed by atoms with Crippen LogP contribution in [0, 0.1) is 20.8 Å². The first-order valence-electron chi connectivity index (χ1n) is 6.33. The Labute approximate surface area is 122 Å². The van der Waals surface area contributed by atoms with E-state index in [4.69, 9.17) is 0 Å². The maximum absolute atomic E-state index is 12.4. The molecule has 0 heterocycles. The summed E-state index contributed by atoms with van der Waals surface area (Å²) in [5.41, 5.74) is 5.32. The van der Waals surface area contributed by atoms with Gasteiger partial charge in [0.15, 0.2) is 5.78 Å². The lowest BCUT2D eigenvalue weighted by Gasteiger charge is -2.09. The summed E-state index contributed by atoms with van der Waals surface area (Å²) in [6.07, 6.45) is 0.468. The van der Waals surface area contributed by atoms with Crippen LogP contribution in [0.3, 0.4) is 0 Å². The zero-order valence-corrected chi connectivity index (χ0v) is 13.0. The first-order chi connectivity index (χ1) is 8.97. The molecule has 0 fully saturated rings. The van der Waals surface area contributed by atoms with E-state index in [0.29, 0.717) is 6.42 Å². The molecule has 2 aromatic carbocycles. The lowest BCUT2D eigenvalue weighted by atomic mass is 9.96. The van der Waals surface area contributed by atoms with E-state index in [1.807, 2.05) is 25.1 Å². The molecule has 0 aliphatic rings. The molecule has 0 radical (unpaired) electrons. The van der Waals surface area contributed by atoms with Crippen LogP contribution < -0.4 is 0 Å². The third kappa shape index (κ3) is 3.32. The van der Waals surface area contributed by atoms with Gasteiger partial charge in [0.1, 0.15) is 0 Å². The molecule has 98 valence electrons. The minimum absolute atomic E-state index is 0.179. The van der Waals surface area contributed by atoms with Gasteiger partial charge in [0.25, 0.3) is 0 Å². The fraction of sp³-hybridized carbons (Fsp3) is 0.235. The SMILES string of the molecule is Cc1ccc(C)c(CC(=O)c2ccc(Br)cc2C)c1. The van der Waals surface area contributed by atoms with Gasteiger partial charge in [-0.2, -0.15) is 0 Å². The second-order valence-corrected chi connectivity index (χ2v) is 5.90. The van der Waals surface area contributed by atoms with E-state index >= 15 is 0 Å². The quantitative estimate of drug-likeness (QED) is 0.743. The Bertz CT molecular complexity index is 629. The van der Waals surface area contributed by atoms with Gasteiger partial charge in [-0.3, -0.25) is 4.79 Å². The van der Waals surface area contributed by atoms with Gasteiger partial charge < -0.3 is 0 Å². The molecule has 0 saturated heterocycles. The highest BCUT2D eigenvalue weighted by Crippen LogP contribution is 2.19. The molecule has 2 aromatic rings. The van der Waals surface area contributed by atoms with Crippen molar-refractivity contribution in [3.05, 3.63) is 68.7 Å². The number of Topliss-reactive ketones (excluding diaryl/α,β-unsaturated/α-hetero) is 1. The largest absolute Gasteiger partial charge is 0.294 e. The van der Waals surface area contributed by atoms with Crippen LogP contribution in [0.1, 0.15) is 32.6 Å². The number of halogens is 1. The van der Waals surface area contributed by atoms with Gasteiger partial charge in [-0.05, 0) is 49.6 Å². The molecule has 19 heavy (non-hydrogen) atoms. The van der Waals surface area contributed by atoms with Crippen LogP contribution in [0.15, 0.2) is 40.9 Å². The minimum Gasteiger partial charge on any atom is -0.294 e. The molecule has 0 aliphatic carbocycles. The summed E-state index contributed by atoms with van der Waals surface area (Å²) in [5, 5.41) is 0. The maximum Gasteiger partial charge on any atom is 0.167 e. The number of carbonyl (C=O) groups is 1. The number of carbonyl (C=O) groups excluding carboxylic acids is 1. The van der Waals surface area contributed by atoms with Crippen molar-refractivity contribution >= 4 is 21.7 Å². The zero-order chi connectivity index (χ0) is 14.0. The second-order valence-electron chi connectivity index (χ2n) is 4.99. The molecule has 0 aromatic heterocycles. The molecule has 0 spiro atoms. The summed E-state index contributed by atoms with van der Waals surface area (Å²) < 4.78 is 1.01.